The Balaban J connectivity index is 1.88. The molecule has 0 aliphatic heterocycles. The standard InChI is InChI=1S/C12H16N6O/c1-7-2-5-9(19-7)6-18(8-3-4-8)12-16-10(13)15-11(14)17-12/h2,5,8H,3-4,6H2,1H3,(H4,13,14,15,16,17). The lowest BCUT2D eigenvalue weighted by Crippen LogP contribution is -2.27. The molecule has 1 saturated carbocycles. The summed E-state index contributed by atoms with van der Waals surface area (Å²) in [4.78, 5) is 14.2. The molecule has 0 bridgehead atoms. The van der Waals surface area contributed by atoms with Crippen molar-refractivity contribution >= 4 is 17.8 Å². The molecule has 0 aromatic carbocycles. The van der Waals surface area contributed by atoms with E-state index in [9.17, 15) is 0 Å². The van der Waals surface area contributed by atoms with Crippen molar-refractivity contribution in [2.24, 2.45) is 0 Å². The zero-order chi connectivity index (χ0) is 13.4. The summed E-state index contributed by atoms with van der Waals surface area (Å²) >= 11 is 0. The second-order valence-corrected chi connectivity index (χ2v) is 4.72. The zero-order valence-electron chi connectivity index (χ0n) is 10.7. The second-order valence-electron chi connectivity index (χ2n) is 4.72. The third-order valence-corrected chi connectivity index (χ3v) is 3.02. The summed E-state index contributed by atoms with van der Waals surface area (Å²) in [5.74, 6) is 2.57. The minimum atomic E-state index is 0.142. The lowest BCUT2D eigenvalue weighted by atomic mass is 10.4. The molecule has 4 N–H and O–H groups in total. The maximum absolute atomic E-state index is 5.62. The zero-order valence-corrected chi connectivity index (χ0v) is 10.7. The van der Waals surface area contributed by atoms with Crippen LogP contribution in [0.4, 0.5) is 17.8 Å². The van der Waals surface area contributed by atoms with Gasteiger partial charge in [-0.05, 0) is 31.9 Å². The molecule has 0 saturated heterocycles. The van der Waals surface area contributed by atoms with Crippen molar-refractivity contribution in [1.29, 1.82) is 0 Å². The highest BCUT2D eigenvalue weighted by Crippen LogP contribution is 2.31. The molecule has 0 amide bonds. The molecule has 3 rings (SSSR count). The van der Waals surface area contributed by atoms with Gasteiger partial charge in [0, 0.05) is 6.04 Å². The SMILES string of the molecule is Cc1ccc(CN(c2nc(N)nc(N)n2)C2CC2)o1. The van der Waals surface area contributed by atoms with Gasteiger partial charge in [-0.3, -0.25) is 0 Å². The summed E-state index contributed by atoms with van der Waals surface area (Å²) in [6, 6.07) is 4.32. The van der Waals surface area contributed by atoms with Gasteiger partial charge in [0.2, 0.25) is 17.8 Å². The molecule has 100 valence electrons. The van der Waals surface area contributed by atoms with Gasteiger partial charge in [0.05, 0.1) is 6.54 Å². The molecule has 2 aromatic rings. The lowest BCUT2D eigenvalue weighted by Gasteiger charge is -2.21. The van der Waals surface area contributed by atoms with Crippen molar-refractivity contribution in [3.8, 4) is 0 Å². The third-order valence-electron chi connectivity index (χ3n) is 3.02. The Morgan fingerprint density at radius 2 is 1.89 bits per heavy atom. The van der Waals surface area contributed by atoms with Crippen LogP contribution in [0.5, 0.6) is 0 Å². The van der Waals surface area contributed by atoms with E-state index >= 15 is 0 Å². The minimum Gasteiger partial charge on any atom is -0.464 e. The predicted octanol–water partition coefficient (Wildman–Crippen LogP) is 1.11. The number of anilines is 3. The maximum Gasteiger partial charge on any atom is 0.232 e. The maximum atomic E-state index is 5.62. The average molecular weight is 260 g/mol. The van der Waals surface area contributed by atoms with E-state index in [0.717, 1.165) is 24.4 Å². The number of nitrogen functional groups attached to an aromatic ring is 2. The van der Waals surface area contributed by atoms with Crippen LogP contribution in [0, 0.1) is 6.92 Å². The fraction of sp³-hybridized carbons (Fsp3) is 0.417. The van der Waals surface area contributed by atoms with Gasteiger partial charge in [-0.1, -0.05) is 0 Å². The van der Waals surface area contributed by atoms with E-state index in [-0.39, 0.29) is 11.9 Å². The van der Waals surface area contributed by atoms with E-state index in [2.05, 4.69) is 19.9 Å². The molecule has 2 heterocycles. The van der Waals surface area contributed by atoms with Crippen LogP contribution in [-0.2, 0) is 6.54 Å². The average Bonchev–Trinajstić information content (AvgIpc) is 3.09. The van der Waals surface area contributed by atoms with Crippen LogP contribution in [0.2, 0.25) is 0 Å². The van der Waals surface area contributed by atoms with Gasteiger partial charge < -0.3 is 20.8 Å². The molecule has 2 aromatic heterocycles. The summed E-state index contributed by atoms with van der Waals surface area (Å²) < 4.78 is 5.60. The number of nitrogens with zero attached hydrogens (tertiary/aromatic N) is 4. The number of furan rings is 1. The van der Waals surface area contributed by atoms with Gasteiger partial charge in [-0.25, -0.2) is 0 Å². The van der Waals surface area contributed by atoms with Crippen molar-refractivity contribution < 1.29 is 4.42 Å². The summed E-state index contributed by atoms with van der Waals surface area (Å²) in [6.45, 7) is 2.53. The van der Waals surface area contributed by atoms with Crippen LogP contribution >= 0.6 is 0 Å². The van der Waals surface area contributed by atoms with E-state index in [1.165, 1.54) is 0 Å². The summed E-state index contributed by atoms with van der Waals surface area (Å²) in [5, 5.41) is 0. The normalized spacial score (nSPS) is 14.6. The van der Waals surface area contributed by atoms with Gasteiger partial charge >= 0.3 is 0 Å². The van der Waals surface area contributed by atoms with E-state index < -0.39 is 0 Å². The van der Waals surface area contributed by atoms with Crippen molar-refractivity contribution in [3.05, 3.63) is 23.7 Å². The number of aromatic nitrogens is 3. The highest BCUT2D eigenvalue weighted by molar-refractivity contribution is 5.42. The molecule has 0 atom stereocenters. The number of hydrogen-bond donors (Lipinski definition) is 2. The summed E-state index contributed by atoms with van der Waals surface area (Å²) in [6.07, 6.45) is 2.23. The van der Waals surface area contributed by atoms with Crippen LogP contribution < -0.4 is 16.4 Å². The minimum absolute atomic E-state index is 0.142. The quantitative estimate of drug-likeness (QED) is 0.847. The van der Waals surface area contributed by atoms with Crippen molar-refractivity contribution in [2.45, 2.75) is 32.4 Å². The predicted molar refractivity (Wildman–Crippen MR) is 71.3 cm³/mol. The summed E-state index contributed by atoms with van der Waals surface area (Å²) in [7, 11) is 0. The first-order chi connectivity index (χ1) is 9.11. The van der Waals surface area contributed by atoms with E-state index in [4.69, 9.17) is 15.9 Å². The van der Waals surface area contributed by atoms with Gasteiger partial charge in [0.25, 0.3) is 0 Å². The lowest BCUT2D eigenvalue weighted by molar-refractivity contribution is 0.475. The number of nitrogens with two attached hydrogens (primary N) is 2. The molecule has 0 spiro atoms. The Morgan fingerprint density at radius 3 is 2.42 bits per heavy atom. The molecule has 0 radical (unpaired) electrons. The molecule has 7 heteroatoms. The Kier molecular flexibility index (Phi) is 2.73. The third kappa shape index (κ3) is 2.59. The fourth-order valence-electron chi connectivity index (χ4n) is 2.01. The molecular weight excluding hydrogens is 244 g/mol. The Labute approximate surface area is 110 Å². The Hall–Kier alpha value is -2.31. The smallest absolute Gasteiger partial charge is 0.232 e. The van der Waals surface area contributed by atoms with Gasteiger partial charge in [0.1, 0.15) is 11.5 Å². The van der Waals surface area contributed by atoms with Crippen LogP contribution in [0.25, 0.3) is 0 Å². The first-order valence-electron chi connectivity index (χ1n) is 6.21. The number of aryl methyl sites for hydroxylation is 1. The van der Waals surface area contributed by atoms with Gasteiger partial charge in [0.15, 0.2) is 0 Å². The van der Waals surface area contributed by atoms with E-state index in [0.29, 0.717) is 18.5 Å². The fourth-order valence-corrected chi connectivity index (χ4v) is 2.01. The van der Waals surface area contributed by atoms with Crippen LogP contribution in [0.1, 0.15) is 24.4 Å². The molecule has 0 unspecified atom stereocenters. The Bertz CT molecular complexity index is 571. The first-order valence-corrected chi connectivity index (χ1v) is 6.21. The molecule has 1 aliphatic rings. The molecule has 1 aliphatic carbocycles. The van der Waals surface area contributed by atoms with Gasteiger partial charge in [-0.2, -0.15) is 15.0 Å². The largest absolute Gasteiger partial charge is 0.464 e. The van der Waals surface area contributed by atoms with Crippen LogP contribution in [0.3, 0.4) is 0 Å². The molecule has 1 fully saturated rings. The Morgan fingerprint density at radius 1 is 1.21 bits per heavy atom. The molecule has 19 heavy (non-hydrogen) atoms. The number of rotatable bonds is 4. The van der Waals surface area contributed by atoms with E-state index in [1.807, 2.05) is 19.1 Å². The summed E-state index contributed by atoms with van der Waals surface area (Å²) in [5.41, 5.74) is 11.2. The van der Waals surface area contributed by atoms with E-state index in [1.54, 1.807) is 0 Å². The highest BCUT2D eigenvalue weighted by atomic mass is 16.3. The number of hydrogen-bond acceptors (Lipinski definition) is 7. The first kappa shape index (κ1) is 11.8. The van der Waals surface area contributed by atoms with Crippen molar-refractivity contribution in [2.75, 3.05) is 16.4 Å². The monoisotopic (exact) mass is 260 g/mol. The van der Waals surface area contributed by atoms with Crippen LogP contribution in [-0.4, -0.2) is 21.0 Å². The van der Waals surface area contributed by atoms with Crippen molar-refractivity contribution in [3.63, 3.8) is 0 Å². The topological polar surface area (TPSA) is 107 Å². The molecular formula is C12H16N6O. The van der Waals surface area contributed by atoms with Gasteiger partial charge in [-0.15, -0.1) is 0 Å². The molecule has 7 nitrogen and oxygen atoms in total. The second kappa shape index (κ2) is 4.42. The van der Waals surface area contributed by atoms with Crippen molar-refractivity contribution in [1.82, 2.24) is 15.0 Å². The highest BCUT2D eigenvalue weighted by Gasteiger charge is 2.32. The van der Waals surface area contributed by atoms with Crippen LogP contribution in [0.15, 0.2) is 16.5 Å².